The molecule has 0 bridgehead atoms. The van der Waals surface area contributed by atoms with Crippen molar-refractivity contribution in [1.29, 1.82) is 5.26 Å². The minimum atomic E-state index is -3.51. The van der Waals surface area contributed by atoms with Crippen LogP contribution in [-0.2, 0) is 15.8 Å². The van der Waals surface area contributed by atoms with Crippen molar-refractivity contribution in [3.63, 3.8) is 0 Å². The highest BCUT2D eigenvalue weighted by molar-refractivity contribution is 7.88. The quantitative estimate of drug-likeness (QED) is 0.754. The maximum absolute atomic E-state index is 12.1. The first-order valence-corrected chi connectivity index (χ1v) is 7.60. The van der Waals surface area contributed by atoms with E-state index in [0.29, 0.717) is 16.3 Å². The van der Waals surface area contributed by atoms with Crippen molar-refractivity contribution in [3.05, 3.63) is 28.8 Å². The van der Waals surface area contributed by atoms with Crippen molar-refractivity contribution < 1.29 is 13.2 Å². The van der Waals surface area contributed by atoms with Gasteiger partial charge in [-0.2, -0.15) is 9.57 Å². The lowest BCUT2D eigenvalue weighted by atomic mass is 10.2. The van der Waals surface area contributed by atoms with Crippen molar-refractivity contribution in [2.45, 2.75) is 12.7 Å². The van der Waals surface area contributed by atoms with E-state index in [0.717, 1.165) is 4.31 Å². The summed E-state index contributed by atoms with van der Waals surface area (Å²) in [5.74, 6) is 0.305. The third-order valence-electron chi connectivity index (χ3n) is 2.56. The molecule has 0 aliphatic heterocycles. The van der Waals surface area contributed by atoms with Crippen molar-refractivity contribution in [2.75, 3.05) is 20.2 Å². The van der Waals surface area contributed by atoms with Crippen LogP contribution in [0, 0.1) is 11.3 Å². The Morgan fingerprint density at radius 3 is 2.63 bits per heavy atom. The van der Waals surface area contributed by atoms with Crippen LogP contribution < -0.4 is 4.74 Å². The predicted molar refractivity (Wildman–Crippen MR) is 73.5 cm³/mol. The zero-order valence-corrected chi connectivity index (χ0v) is 12.3. The van der Waals surface area contributed by atoms with Gasteiger partial charge in [-0.1, -0.05) is 24.6 Å². The number of sulfonamides is 1. The van der Waals surface area contributed by atoms with Gasteiger partial charge in [0.05, 0.1) is 24.0 Å². The van der Waals surface area contributed by atoms with E-state index in [1.54, 1.807) is 25.1 Å². The van der Waals surface area contributed by atoms with E-state index in [4.69, 9.17) is 21.6 Å². The summed E-state index contributed by atoms with van der Waals surface area (Å²) in [6, 6.07) is 6.65. The van der Waals surface area contributed by atoms with Crippen molar-refractivity contribution >= 4 is 21.6 Å². The van der Waals surface area contributed by atoms with Gasteiger partial charge in [0.1, 0.15) is 12.3 Å². The summed E-state index contributed by atoms with van der Waals surface area (Å²) < 4.78 is 30.3. The molecule has 0 fully saturated rings. The Morgan fingerprint density at radius 1 is 1.47 bits per heavy atom. The maximum Gasteiger partial charge on any atom is 0.219 e. The Morgan fingerprint density at radius 2 is 2.16 bits per heavy atom. The molecule has 0 N–H and O–H groups in total. The Kier molecular flexibility index (Phi) is 5.60. The van der Waals surface area contributed by atoms with E-state index in [-0.39, 0.29) is 18.8 Å². The fraction of sp³-hybridized carbons (Fsp3) is 0.417. The fourth-order valence-electron chi connectivity index (χ4n) is 1.59. The van der Waals surface area contributed by atoms with Crippen LogP contribution in [0.25, 0.3) is 0 Å². The molecule has 0 heterocycles. The second-order valence-corrected chi connectivity index (χ2v) is 6.19. The first-order chi connectivity index (χ1) is 8.94. The number of nitrogens with zero attached hydrogens (tertiary/aromatic N) is 2. The van der Waals surface area contributed by atoms with Crippen LogP contribution >= 0.6 is 11.6 Å². The number of methoxy groups -OCH3 is 1. The third kappa shape index (κ3) is 4.10. The summed E-state index contributed by atoms with van der Waals surface area (Å²) in [6.07, 6.45) is 0. The largest absolute Gasteiger partial charge is 0.495 e. The van der Waals surface area contributed by atoms with Crippen molar-refractivity contribution in [1.82, 2.24) is 4.31 Å². The number of hydrogen-bond acceptors (Lipinski definition) is 4. The van der Waals surface area contributed by atoms with Gasteiger partial charge in [-0.15, -0.1) is 0 Å². The summed E-state index contributed by atoms with van der Waals surface area (Å²) in [5.41, 5.74) is 0.558. The molecule has 7 heteroatoms. The number of hydrogen-bond donors (Lipinski definition) is 0. The molecule has 19 heavy (non-hydrogen) atoms. The molecular weight excluding hydrogens is 288 g/mol. The first kappa shape index (κ1) is 15.8. The van der Waals surface area contributed by atoms with Crippen LogP contribution in [0.5, 0.6) is 5.75 Å². The fourth-order valence-corrected chi connectivity index (χ4v) is 3.30. The molecule has 0 amide bonds. The summed E-state index contributed by atoms with van der Waals surface area (Å²) in [5, 5.41) is 8.98. The highest BCUT2D eigenvalue weighted by Crippen LogP contribution is 2.26. The molecule has 0 radical (unpaired) electrons. The summed E-state index contributed by atoms with van der Waals surface area (Å²) in [7, 11) is -2.02. The van der Waals surface area contributed by atoms with E-state index in [1.165, 1.54) is 7.11 Å². The molecule has 0 saturated carbocycles. The molecule has 1 aromatic carbocycles. The van der Waals surface area contributed by atoms with E-state index in [2.05, 4.69) is 0 Å². The Bertz CT molecular complexity index is 581. The van der Waals surface area contributed by atoms with E-state index in [9.17, 15) is 8.42 Å². The summed E-state index contributed by atoms with van der Waals surface area (Å²) in [6.45, 7) is 1.80. The van der Waals surface area contributed by atoms with Crippen LogP contribution in [0.4, 0.5) is 0 Å². The average molecular weight is 303 g/mol. The molecule has 0 spiro atoms. The first-order valence-electron chi connectivity index (χ1n) is 5.61. The molecule has 0 aliphatic carbocycles. The zero-order chi connectivity index (χ0) is 14.5. The van der Waals surface area contributed by atoms with Crippen molar-refractivity contribution in [2.24, 2.45) is 0 Å². The van der Waals surface area contributed by atoms with E-state index in [1.807, 2.05) is 6.07 Å². The summed E-state index contributed by atoms with van der Waals surface area (Å²) >= 11 is 5.95. The lowest BCUT2D eigenvalue weighted by molar-refractivity contribution is 0.415. The van der Waals surface area contributed by atoms with Crippen LogP contribution in [0.2, 0.25) is 5.02 Å². The van der Waals surface area contributed by atoms with Gasteiger partial charge in [-0.25, -0.2) is 8.42 Å². The molecule has 0 atom stereocenters. The highest BCUT2D eigenvalue weighted by atomic mass is 35.5. The third-order valence-corrected chi connectivity index (χ3v) is 4.73. The van der Waals surface area contributed by atoms with Gasteiger partial charge in [-0.05, 0) is 17.7 Å². The number of nitriles is 1. The molecule has 0 aliphatic rings. The van der Waals surface area contributed by atoms with Crippen LogP contribution in [0.1, 0.15) is 12.5 Å². The number of ether oxygens (including phenoxy) is 1. The zero-order valence-electron chi connectivity index (χ0n) is 10.8. The molecule has 0 aromatic heterocycles. The topological polar surface area (TPSA) is 70.4 Å². The lowest BCUT2D eigenvalue weighted by Crippen LogP contribution is -2.32. The van der Waals surface area contributed by atoms with E-state index >= 15 is 0 Å². The van der Waals surface area contributed by atoms with Gasteiger partial charge in [0.15, 0.2) is 0 Å². The van der Waals surface area contributed by atoms with Gasteiger partial charge in [0, 0.05) is 6.54 Å². The van der Waals surface area contributed by atoms with Crippen LogP contribution in [-0.4, -0.2) is 32.9 Å². The Labute approximate surface area is 118 Å². The minimum absolute atomic E-state index is 0.150. The predicted octanol–water partition coefficient (Wildman–Crippen LogP) is 2.02. The molecule has 1 aromatic rings. The average Bonchev–Trinajstić information content (AvgIpc) is 2.35. The normalized spacial score (nSPS) is 11.3. The number of halogens is 1. The van der Waals surface area contributed by atoms with Crippen LogP contribution in [0.15, 0.2) is 18.2 Å². The minimum Gasteiger partial charge on any atom is -0.495 e. The van der Waals surface area contributed by atoms with Gasteiger partial charge < -0.3 is 4.74 Å². The second kappa shape index (κ2) is 6.75. The Balaban J connectivity index is 2.95. The Hall–Kier alpha value is -1.29. The monoisotopic (exact) mass is 302 g/mol. The summed E-state index contributed by atoms with van der Waals surface area (Å²) in [4.78, 5) is 0. The van der Waals surface area contributed by atoms with Gasteiger partial charge in [-0.3, -0.25) is 0 Å². The van der Waals surface area contributed by atoms with Gasteiger partial charge in [0.2, 0.25) is 10.0 Å². The van der Waals surface area contributed by atoms with Crippen LogP contribution in [0.3, 0.4) is 0 Å². The maximum atomic E-state index is 12.1. The molecule has 104 valence electrons. The highest BCUT2D eigenvalue weighted by Gasteiger charge is 2.21. The lowest BCUT2D eigenvalue weighted by Gasteiger charge is -2.17. The number of rotatable bonds is 6. The molecule has 5 nitrogen and oxygen atoms in total. The standard InChI is InChI=1S/C12H15ClN2O3S/c1-3-15(7-6-14)19(16,17)9-10-4-5-12(18-2)11(13)8-10/h4-5,8H,3,7,9H2,1-2H3. The smallest absolute Gasteiger partial charge is 0.219 e. The molecule has 1 rings (SSSR count). The van der Waals surface area contributed by atoms with Gasteiger partial charge in [0.25, 0.3) is 0 Å². The van der Waals surface area contributed by atoms with Crippen molar-refractivity contribution in [3.8, 4) is 11.8 Å². The SMILES string of the molecule is CCN(CC#N)S(=O)(=O)Cc1ccc(OC)c(Cl)c1. The molecular formula is C12H15ClN2O3S. The molecule has 0 unspecified atom stereocenters. The van der Waals surface area contributed by atoms with E-state index < -0.39 is 10.0 Å². The number of benzene rings is 1. The van der Waals surface area contributed by atoms with Gasteiger partial charge >= 0.3 is 0 Å². The molecule has 0 saturated heterocycles. The second-order valence-electron chi connectivity index (χ2n) is 3.81.